The van der Waals surface area contributed by atoms with Crippen LogP contribution in [0, 0.1) is 0 Å². The molecule has 2 heterocycles. The van der Waals surface area contributed by atoms with Crippen LogP contribution in [0.3, 0.4) is 0 Å². The van der Waals surface area contributed by atoms with E-state index in [-0.39, 0.29) is 16.5 Å². The fraction of sp³-hybridized carbons (Fsp3) is 0.364. The quantitative estimate of drug-likeness (QED) is 0.641. The maximum Gasteiger partial charge on any atom is 0.322 e. The summed E-state index contributed by atoms with van der Waals surface area (Å²) in [5.41, 5.74) is -0.298. The molecule has 0 radical (unpaired) electrons. The topological polar surface area (TPSA) is 114 Å². The standard InChI is InChI=1S/C22H25N3O6S/c1-22(20(26)23-21(27)24-22)17-13-16(10-11-19(17)31-3)32(28,29)25-12-4-5-18(25)14-6-8-15(30-2)9-7-14/h6-11,13,18H,4-5,12H2,1-3H3,(H2,23,24,26,27). The molecule has 0 aliphatic carbocycles. The number of carbonyl (C=O) groups is 2. The van der Waals surface area contributed by atoms with Gasteiger partial charge in [0.2, 0.25) is 10.0 Å². The molecule has 0 spiro atoms. The van der Waals surface area contributed by atoms with Gasteiger partial charge in [-0.15, -0.1) is 0 Å². The van der Waals surface area contributed by atoms with E-state index in [1.165, 1.54) is 36.5 Å². The van der Waals surface area contributed by atoms with E-state index in [9.17, 15) is 18.0 Å². The van der Waals surface area contributed by atoms with Crippen molar-refractivity contribution >= 4 is 22.0 Å². The number of nitrogens with zero attached hydrogens (tertiary/aromatic N) is 1. The molecular formula is C22H25N3O6S. The van der Waals surface area contributed by atoms with Crippen LogP contribution < -0.4 is 20.1 Å². The summed E-state index contributed by atoms with van der Waals surface area (Å²) in [5, 5.41) is 4.76. The molecule has 2 aliphatic heterocycles. The van der Waals surface area contributed by atoms with Crippen molar-refractivity contribution in [2.45, 2.75) is 36.2 Å². The first-order valence-corrected chi connectivity index (χ1v) is 11.6. The molecular weight excluding hydrogens is 434 g/mol. The lowest BCUT2D eigenvalue weighted by atomic mass is 9.91. The zero-order valence-corrected chi connectivity index (χ0v) is 18.9. The minimum Gasteiger partial charge on any atom is -0.497 e. The highest BCUT2D eigenvalue weighted by Crippen LogP contribution is 2.39. The smallest absolute Gasteiger partial charge is 0.322 e. The molecule has 32 heavy (non-hydrogen) atoms. The van der Waals surface area contributed by atoms with Crippen molar-refractivity contribution in [1.82, 2.24) is 14.9 Å². The van der Waals surface area contributed by atoms with E-state index >= 15 is 0 Å². The largest absolute Gasteiger partial charge is 0.497 e. The number of carbonyl (C=O) groups excluding carboxylic acids is 2. The minimum absolute atomic E-state index is 0.0314. The number of hydrogen-bond acceptors (Lipinski definition) is 6. The summed E-state index contributed by atoms with van der Waals surface area (Å²) in [7, 11) is -0.883. The van der Waals surface area contributed by atoms with Gasteiger partial charge in [0, 0.05) is 12.1 Å². The Hall–Kier alpha value is -3.11. The molecule has 2 unspecified atom stereocenters. The first-order chi connectivity index (χ1) is 15.2. The molecule has 2 fully saturated rings. The van der Waals surface area contributed by atoms with Crippen LogP contribution in [-0.2, 0) is 20.4 Å². The predicted molar refractivity (Wildman–Crippen MR) is 116 cm³/mol. The number of sulfonamides is 1. The van der Waals surface area contributed by atoms with Gasteiger partial charge in [-0.25, -0.2) is 13.2 Å². The van der Waals surface area contributed by atoms with Gasteiger partial charge in [-0.3, -0.25) is 10.1 Å². The van der Waals surface area contributed by atoms with Gasteiger partial charge in [0.15, 0.2) is 0 Å². The van der Waals surface area contributed by atoms with Crippen LogP contribution in [0.2, 0.25) is 0 Å². The van der Waals surface area contributed by atoms with Gasteiger partial charge in [0.05, 0.1) is 25.2 Å². The highest BCUT2D eigenvalue weighted by molar-refractivity contribution is 7.89. The van der Waals surface area contributed by atoms with E-state index in [1.807, 2.05) is 24.3 Å². The minimum atomic E-state index is -3.88. The summed E-state index contributed by atoms with van der Waals surface area (Å²) in [6.07, 6.45) is 1.43. The van der Waals surface area contributed by atoms with E-state index in [1.54, 1.807) is 7.11 Å². The number of hydrogen-bond donors (Lipinski definition) is 2. The van der Waals surface area contributed by atoms with Gasteiger partial charge in [-0.2, -0.15) is 4.31 Å². The summed E-state index contributed by atoms with van der Waals surface area (Å²) in [6.45, 7) is 1.90. The molecule has 4 rings (SSSR count). The number of urea groups is 1. The SMILES string of the molecule is COc1ccc(C2CCCN2S(=O)(=O)c2ccc(OC)c(C3(C)NC(=O)NC3=O)c2)cc1. The highest BCUT2D eigenvalue weighted by Gasteiger charge is 2.46. The molecule has 2 atom stereocenters. The molecule has 3 amide bonds. The molecule has 2 aliphatic rings. The van der Waals surface area contributed by atoms with Crippen molar-refractivity contribution in [1.29, 1.82) is 0 Å². The summed E-state index contributed by atoms with van der Waals surface area (Å²) < 4.78 is 39.3. The average molecular weight is 460 g/mol. The monoisotopic (exact) mass is 459 g/mol. The van der Waals surface area contributed by atoms with Crippen LogP contribution in [0.15, 0.2) is 47.4 Å². The number of nitrogens with one attached hydrogen (secondary N) is 2. The maximum absolute atomic E-state index is 13.6. The summed E-state index contributed by atoms with van der Waals surface area (Å²) in [5.74, 6) is 0.427. The van der Waals surface area contributed by atoms with E-state index < -0.39 is 27.5 Å². The second-order valence-electron chi connectivity index (χ2n) is 7.94. The van der Waals surface area contributed by atoms with Crippen molar-refractivity contribution in [2.75, 3.05) is 20.8 Å². The van der Waals surface area contributed by atoms with Crippen LogP contribution in [-0.4, -0.2) is 45.4 Å². The molecule has 2 aromatic carbocycles. The van der Waals surface area contributed by atoms with E-state index in [0.29, 0.717) is 24.5 Å². The summed E-state index contributed by atoms with van der Waals surface area (Å²) in [4.78, 5) is 24.3. The van der Waals surface area contributed by atoms with Crippen molar-refractivity contribution < 1.29 is 27.5 Å². The lowest BCUT2D eigenvalue weighted by Gasteiger charge is -2.27. The van der Waals surface area contributed by atoms with E-state index in [2.05, 4.69) is 10.6 Å². The third-order valence-electron chi connectivity index (χ3n) is 6.07. The van der Waals surface area contributed by atoms with Gasteiger partial charge in [0.1, 0.15) is 17.0 Å². The van der Waals surface area contributed by atoms with Crippen LogP contribution in [0.1, 0.15) is 36.9 Å². The Morgan fingerprint density at radius 2 is 1.78 bits per heavy atom. The first-order valence-electron chi connectivity index (χ1n) is 10.2. The number of ether oxygens (including phenoxy) is 2. The first kappa shape index (κ1) is 22.1. The lowest BCUT2D eigenvalue weighted by molar-refractivity contribution is -0.123. The van der Waals surface area contributed by atoms with E-state index in [4.69, 9.17) is 9.47 Å². The van der Waals surface area contributed by atoms with Crippen LogP contribution >= 0.6 is 0 Å². The molecule has 0 aromatic heterocycles. The van der Waals surface area contributed by atoms with Crippen LogP contribution in [0.25, 0.3) is 0 Å². The third-order valence-corrected chi connectivity index (χ3v) is 7.97. The predicted octanol–water partition coefficient (Wildman–Crippen LogP) is 2.28. The maximum atomic E-state index is 13.6. The fourth-order valence-corrected chi connectivity index (χ4v) is 6.00. The number of methoxy groups -OCH3 is 2. The van der Waals surface area contributed by atoms with Crippen molar-refractivity contribution in [3.63, 3.8) is 0 Å². The second-order valence-corrected chi connectivity index (χ2v) is 9.83. The fourth-order valence-electron chi connectivity index (χ4n) is 4.29. The van der Waals surface area contributed by atoms with Crippen LogP contribution in [0.4, 0.5) is 4.79 Å². The van der Waals surface area contributed by atoms with Gasteiger partial charge in [-0.05, 0) is 55.7 Å². The molecule has 0 saturated carbocycles. The highest BCUT2D eigenvalue weighted by atomic mass is 32.2. The van der Waals surface area contributed by atoms with Gasteiger partial charge in [0.25, 0.3) is 5.91 Å². The Kier molecular flexibility index (Phi) is 5.59. The zero-order valence-electron chi connectivity index (χ0n) is 18.0. The Balaban J connectivity index is 1.73. The Morgan fingerprint density at radius 1 is 1.06 bits per heavy atom. The molecule has 2 saturated heterocycles. The second kappa shape index (κ2) is 8.10. The molecule has 0 bridgehead atoms. The van der Waals surface area contributed by atoms with Gasteiger partial charge < -0.3 is 14.8 Å². The number of imide groups is 1. The van der Waals surface area contributed by atoms with Gasteiger partial charge >= 0.3 is 6.03 Å². The van der Waals surface area contributed by atoms with Crippen molar-refractivity contribution in [3.8, 4) is 11.5 Å². The van der Waals surface area contributed by atoms with Crippen molar-refractivity contribution in [2.24, 2.45) is 0 Å². The van der Waals surface area contributed by atoms with Crippen molar-refractivity contribution in [3.05, 3.63) is 53.6 Å². The van der Waals surface area contributed by atoms with E-state index in [0.717, 1.165) is 12.0 Å². The molecule has 170 valence electrons. The molecule has 9 nitrogen and oxygen atoms in total. The third kappa shape index (κ3) is 3.59. The molecule has 2 aromatic rings. The lowest BCUT2D eigenvalue weighted by Crippen LogP contribution is -2.41. The molecule has 10 heteroatoms. The number of amides is 3. The van der Waals surface area contributed by atoms with Gasteiger partial charge in [-0.1, -0.05) is 12.1 Å². The summed E-state index contributed by atoms with van der Waals surface area (Å²) in [6, 6.07) is 10.8. The zero-order chi connectivity index (χ0) is 23.1. The average Bonchev–Trinajstić information content (AvgIpc) is 3.38. The Labute approximate surface area is 186 Å². The van der Waals surface area contributed by atoms with Crippen LogP contribution in [0.5, 0.6) is 11.5 Å². The number of benzene rings is 2. The summed E-state index contributed by atoms with van der Waals surface area (Å²) >= 11 is 0. The normalized spacial score (nSPS) is 23.7. The number of rotatable bonds is 6. The molecule has 2 N–H and O–H groups in total. The Bertz CT molecular complexity index is 1160. The Morgan fingerprint density at radius 3 is 2.38 bits per heavy atom.